The van der Waals surface area contributed by atoms with Crippen molar-refractivity contribution >= 4 is 11.7 Å². The first-order chi connectivity index (χ1) is 16.2. The van der Waals surface area contributed by atoms with Gasteiger partial charge in [-0.25, -0.2) is 23.1 Å². The van der Waals surface area contributed by atoms with Crippen LogP contribution in [0.3, 0.4) is 0 Å². The van der Waals surface area contributed by atoms with Crippen molar-refractivity contribution in [3.63, 3.8) is 0 Å². The summed E-state index contributed by atoms with van der Waals surface area (Å²) in [5.41, 5.74) is 7.88. The number of nitrogens with zero attached hydrogens (tertiary/aromatic N) is 5. The van der Waals surface area contributed by atoms with Crippen LogP contribution in [0, 0.1) is 22.7 Å². The number of nitrogens with two attached hydrogens (primary N) is 1. The smallest absolute Gasteiger partial charge is 0.318 e. The fourth-order valence-electron chi connectivity index (χ4n) is 5.25. The largest absolute Gasteiger partial charge is 0.382 e. The van der Waals surface area contributed by atoms with Crippen LogP contribution in [0.4, 0.5) is 13.6 Å². The molecule has 182 valence electrons. The number of nitriles is 1. The van der Waals surface area contributed by atoms with Crippen molar-refractivity contribution in [2.24, 2.45) is 17.1 Å². The van der Waals surface area contributed by atoms with Crippen LogP contribution in [0.25, 0.3) is 5.65 Å². The van der Waals surface area contributed by atoms with E-state index in [1.54, 1.807) is 28.9 Å². The molecule has 2 saturated carbocycles. The van der Waals surface area contributed by atoms with E-state index in [-0.39, 0.29) is 37.4 Å². The van der Waals surface area contributed by atoms with E-state index < -0.39 is 23.4 Å². The highest BCUT2D eigenvalue weighted by Crippen LogP contribution is 2.49. The minimum absolute atomic E-state index is 0.0506. The van der Waals surface area contributed by atoms with Crippen molar-refractivity contribution in [3.05, 3.63) is 29.7 Å². The molecule has 2 aliphatic carbocycles. The summed E-state index contributed by atoms with van der Waals surface area (Å²) in [6.45, 7) is 0.684. The van der Waals surface area contributed by atoms with Gasteiger partial charge in [0.15, 0.2) is 5.65 Å². The van der Waals surface area contributed by atoms with Crippen LogP contribution in [0.2, 0.25) is 0 Å². The van der Waals surface area contributed by atoms with Crippen molar-refractivity contribution < 1.29 is 18.3 Å². The summed E-state index contributed by atoms with van der Waals surface area (Å²) in [6, 6.07) is 2.94. The number of hydrogen-bond donors (Lipinski definition) is 2. The number of alkyl halides is 2. The maximum atomic E-state index is 13.5. The lowest BCUT2D eigenvalue weighted by molar-refractivity contribution is -0.0484. The lowest BCUT2D eigenvalue weighted by Gasteiger charge is -2.31. The number of imidazole rings is 1. The van der Waals surface area contributed by atoms with E-state index in [0.717, 1.165) is 18.4 Å². The quantitative estimate of drug-likeness (QED) is 0.638. The summed E-state index contributed by atoms with van der Waals surface area (Å²) in [5.74, 6) is -2.65. The Bertz CT molecular complexity index is 1120. The lowest BCUT2D eigenvalue weighted by atomic mass is 9.81. The van der Waals surface area contributed by atoms with Crippen LogP contribution in [0.5, 0.6) is 0 Å². The Balaban J connectivity index is 1.36. The predicted octanol–water partition coefficient (Wildman–Crippen LogP) is 2.94. The molecule has 2 aromatic heterocycles. The number of hydrogen-bond acceptors (Lipinski definition) is 6. The van der Waals surface area contributed by atoms with Gasteiger partial charge >= 0.3 is 6.03 Å². The molecule has 3 fully saturated rings. The van der Waals surface area contributed by atoms with Gasteiger partial charge in [0.2, 0.25) is 5.92 Å². The van der Waals surface area contributed by atoms with Gasteiger partial charge in [-0.3, -0.25) is 0 Å². The first-order valence-corrected chi connectivity index (χ1v) is 11.7. The summed E-state index contributed by atoms with van der Waals surface area (Å²) in [5, 5.41) is 16.9. The van der Waals surface area contributed by atoms with Crippen molar-refractivity contribution in [2.75, 3.05) is 20.3 Å². The second-order valence-corrected chi connectivity index (χ2v) is 9.87. The zero-order valence-corrected chi connectivity index (χ0v) is 19.1. The summed E-state index contributed by atoms with van der Waals surface area (Å²) < 4.78 is 34.1. The second kappa shape index (κ2) is 8.43. The average Bonchev–Trinajstić information content (AvgIpc) is 3.35. The first-order valence-electron chi connectivity index (χ1n) is 11.7. The fourth-order valence-corrected chi connectivity index (χ4v) is 5.25. The topological polar surface area (TPSA) is 122 Å². The Kier molecular flexibility index (Phi) is 5.68. The minimum Gasteiger partial charge on any atom is -0.382 e. The molecule has 2 unspecified atom stereocenters. The maximum Gasteiger partial charge on any atom is 0.318 e. The van der Waals surface area contributed by atoms with E-state index in [9.17, 15) is 18.8 Å². The minimum atomic E-state index is -2.60. The van der Waals surface area contributed by atoms with E-state index >= 15 is 0 Å². The van der Waals surface area contributed by atoms with E-state index in [2.05, 4.69) is 21.5 Å². The van der Waals surface area contributed by atoms with E-state index in [1.807, 2.05) is 6.07 Å². The number of nitrogens with one attached hydrogen (secondary N) is 1. The number of rotatable bonds is 7. The number of ether oxygens (including phenoxy) is 1. The third-order valence-corrected chi connectivity index (χ3v) is 7.67. The molecule has 0 aromatic carbocycles. The summed E-state index contributed by atoms with van der Waals surface area (Å²) in [7, 11) is 1.57. The van der Waals surface area contributed by atoms with Gasteiger partial charge in [0, 0.05) is 32.1 Å². The predicted molar refractivity (Wildman–Crippen MR) is 118 cm³/mol. The number of halogens is 2. The number of fused-ring (bicyclic) bond motifs is 1. The second-order valence-electron chi connectivity index (χ2n) is 9.87. The van der Waals surface area contributed by atoms with E-state index in [0.29, 0.717) is 30.7 Å². The summed E-state index contributed by atoms with van der Waals surface area (Å²) in [6.07, 6.45) is 5.44. The molecule has 3 heterocycles. The highest BCUT2D eigenvalue weighted by molar-refractivity contribution is 5.78. The maximum absolute atomic E-state index is 13.5. The van der Waals surface area contributed by atoms with Gasteiger partial charge in [0.25, 0.3) is 0 Å². The molecule has 3 N–H and O–H groups in total. The zero-order chi connectivity index (χ0) is 24.1. The van der Waals surface area contributed by atoms with Crippen LogP contribution in [-0.2, 0) is 4.74 Å². The molecule has 0 bridgehead atoms. The summed E-state index contributed by atoms with van der Waals surface area (Å²) >= 11 is 0. The molecule has 0 spiro atoms. The number of aromatic nitrogens is 3. The standard InChI is InChI=1S/C23H29F2N7O2/c1-34-12-17(31-11-18(30-21(31)33)22(13-26)6-7-22)15-8-19-29-16(10-32(19)28-9-15)20(27)14-2-4-23(24,25)5-3-14/h8-10,14,17-18,20H,2-7,11-12,27H2,1H3,(H,30,33)/t17?,18-,20?/m0/s1. The Morgan fingerprint density at radius 3 is 2.74 bits per heavy atom. The van der Waals surface area contributed by atoms with Gasteiger partial charge in [0.05, 0.1) is 54.3 Å². The third kappa shape index (κ3) is 4.09. The van der Waals surface area contributed by atoms with Gasteiger partial charge in [-0.2, -0.15) is 10.4 Å². The molecule has 1 aliphatic heterocycles. The number of amides is 2. The van der Waals surface area contributed by atoms with Crippen molar-refractivity contribution in [2.45, 2.75) is 62.6 Å². The highest BCUT2D eigenvalue weighted by Gasteiger charge is 2.54. The molecule has 2 amide bonds. The molecule has 1 saturated heterocycles. The third-order valence-electron chi connectivity index (χ3n) is 7.67. The molecule has 0 radical (unpaired) electrons. The molecule has 2 aromatic rings. The molecule has 3 atom stereocenters. The Hall–Kier alpha value is -2.84. The molecule has 5 rings (SSSR count). The van der Waals surface area contributed by atoms with Gasteiger partial charge in [-0.15, -0.1) is 0 Å². The SMILES string of the molecule is COCC(c1cnn2cc(C(N)C3CCC(F)(F)CC3)nc2c1)N1C[C@@H](C2(C#N)CC2)NC1=O. The van der Waals surface area contributed by atoms with Crippen LogP contribution in [0.1, 0.15) is 61.9 Å². The fraction of sp³-hybridized carbons (Fsp3) is 0.652. The van der Waals surface area contributed by atoms with Gasteiger partial charge in [-0.1, -0.05) is 0 Å². The average molecular weight is 474 g/mol. The molecular weight excluding hydrogens is 444 g/mol. The van der Waals surface area contributed by atoms with Gasteiger partial charge in [0.1, 0.15) is 0 Å². The monoisotopic (exact) mass is 473 g/mol. The van der Waals surface area contributed by atoms with Crippen LogP contribution < -0.4 is 11.1 Å². The van der Waals surface area contributed by atoms with Crippen LogP contribution in [-0.4, -0.2) is 57.8 Å². The number of urea groups is 1. The number of carbonyl (C=O) groups is 1. The number of carbonyl (C=O) groups excluding carboxylic acids is 1. The lowest BCUT2D eigenvalue weighted by Crippen LogP contribution is -2.35. The molecule has 9 nitrogen and oxygen atoms in total. The Labute approximate surface area is 196 Å². The van der Waals surface area contributed by atoms with E-state index in [4.69, 9.17) is 10.5 Å². The Morgan fingerprint density at radius 2 is 2.09 bits per heavy atom. The Morgan fingerprint density at radius 1 is 1.35 bits per heavy atom. The first kappa shape index (κ1) is 22.9. The van der Waals surface area contributed by atoms with Crippen LogP contribution in [0.15, 0.2) is 18.5 Å². The van der Waals surface area contributed by atoms with Gasteiger partial charge < -0.3 is 20.7 Å². The molecular formula is C23H29F2N7O2. The molecule has 11 heteroatoms. The zero-order valence-electron chi connectivity index (χ0n) is 19.1. The van der Waals surface area contributed by atoms with Crippen LogP contribution >= 0.6 is 0 Å². The van der Waals surface area contributed by atoms with Gasteiger partial charge in [-0.05, 0) is 37.7 Å². The highest BCUT2D eigenvalue weighted by atomic mass is 19.3. The van der Waals surface area contributed by atoms with Crippen molar-refractivity contribution in [1.29, 1.82) is 5.26 Å². The van der Waals surface area contributed by atoms with Crippen molar-refractivity contribution in [1.82, 2.24) is 24.8 Å². The molecule has 34 heavy (non-hydrogen) atoms. The van der Waals surface area contributed by atoms with E-state index in [1.165, 1.54) is 0 Å². The normalized spacial score (nSPS) is 25.7. The van der Waals surface area contributed by atoms with Crippen molar-refractivity contribution in [3.8, 4) is 6.07 Å². The number of methoxy groups -OCH3 is 1. The molecule has 3 aliphatic rings. The summed E-state index contributed by atoms with van der Waals surface area (Å²) in [4.78, 5) is 19.1.